The van der Waals surface area contributed by atoms with E-state index < -0.39 is 11.6 Å². The minimum absolute atomic E-state index is 0.370. The Kier molecular flexibility index (Phi) is 7.23. The highest BCUT2D eigenvalue weighted by Crippen LogP contribution is 2.30. The first-order valence-corrected chi connectivity index (χ1v) is 12.6. The Morgan fingerprint density at radius 3 is 2.26 bits per heavy atom. The maximum atomic E-state index is 13.2. The van der Waals surface area contributed by atoms with Crippen molar-refractivity contribution < 1.29 is 8.78 Å². The summed E-state index contributed by atoms with van der Waals surface area (Å²) in [5, 5.41) is 0. The molecule has 27 heavy (non-hydrogen) atoms. The van der Waals surface area contributed by atoms with Crippen LogP contribution in [0.2, 0.25) is 18.1 Å². The molecule has 2 aromatic rings. The van der Waals surface area contributed by atoms with Crippen LogP contribution in [0, 0.1) is 29.4 Å². The molecule has 0 aliphatic carbocycles. The zero-order valence-electron chi connectivity index (χ0n) is 16.1. The van der Waals surface area contributed by atoms with Crippen LogP contribution in [0.25, 0.3) is 0 Å². The van der Waals surface area contributed by atoms with Crippen molar-refractivity contribution in [3.05, 3.63) is 70.8 Å². The molecule has 1 fully saturated rings. The predicted molar refractivity (Wildman–Crippen MR) is 112 cm³/mol. The molecular formula is C24H28F2Si. The fraction of sp³-hybridized carbons (Fsp3) is 0.417. The second-order valence-electron chi connectivity index (χ2n) is 7.79. The number of aryl methyl sites for hydroxylation is 1. The highest BCUT2D eigenvalue weighted by molar-refractivity contribution is 6.58. The third-order valence-corrected chi connectivity index (χ3v) is 9.42. The molecule has 2 aromatic carbocycles. The van der Waals surface area contributed by atoms with Gasteiger partial charge in [0.15, 0.2) is 11.6 Å². The van der Waals surface area contributed by atoms with Gasteiger partial charge in [-0.25, -0.2) is 8.78 Å². The van der Waals surface area contributed by atoms with Crippen LogP contribution in [0.4, 0.5) is 8.78 Å². The first-order chi connectivity index (χ1) is 13.1. The van der Waals surface area contributed by atoms with Gasteiger partial charge in [0.2, 0.25) is 0 Å². The van der Waals surface area contributed by atoms with E-state index in [0.717, 1.165) is 30.0 Å². The van der Waals surface area contributed by atoms with Crippen LogP contribution in [-0.4, -0.2) is 8.80 Å². The average Bonchev–Trinajstić information content (AvgIpc) is 2.69. The lowest BCUT2D eigenvalue weighted by molar-refractivity contribution is 0.437. The number of halogens is 2. The fourth-order valence-corrected chi connectivity index (χ4v) is 7.63. The minimum Gasteiger partial charge on any atom is -0.204 e. The normalized spacial score (nSPS) is 19.4. The number of hydrogen-bond donors (Lipinski definition) is 0. The molecule has 1 heterocycles. The maximum Gasteiger partial charge on any atom is 0.160 e. The van der Waals surface area contributed by atoms with Gasteiger partial charge in [-0.05, 0) is 54.7 Å². The Balaban J connectivity index is 1.49. The number of hydrogen-bond acceptors (Lipinski definition) is 0. The largest absolute Gasteiger partial charge is 0.204 e. The molecule has 0 saturated carbocycles. The Morgan fingerprint density at radius 1 is 0.926 bits per heavy atom. The van der Waals surface area contributed by atoms with Crippen LogP contribution >= 0.6 is 0 Å². The van der Waals surface area contributed by atoms with E-state index in [1.165, 1.54) is 37.3 Å². The van der Waals surface area contributed by atoms with Crippen LogP contribution in [0.15, 0.2) is 42.5 Å². The summed E-state index contributed by atoms with van der Waals surface area (Å²) in [5.74, 6) is 5.13. The van der Waals surface area contributed by atoms with Gasteiger partial charge >= 0.3 is 0 Å². The lowest BCUT2D eigenvalue weighted by Gasteiger charge is -2.27. The van der Waals surface area contributed by atoms with Crippen molar-refractivity contribution in [3.63, 3.8) is 0 Å². The zero-order valence-corrected chi connectivity index (χ0v) is 17.3. The standard InChI is InChI=1S/C24H28F2Si/c1-2-15-27-16-13-21(14-17-27)8-7-19-3-5-20(6-4-19)9-10-22-11-12-23(25)24(26)18-22/h3-6,11-12,18,21,27H,2,7-8,13-17H2,1H3/t21-,27-. The molecule has 3 heteroatoms. The van der Waals surface area contributed by atoms with Crippen molar-refractivity contribution >= 4 is 8.80 Å². The van der Waals surface area contributed by atoms with Gasteiger partial charge in [0, 0.05) is 19.9 Å². The molecule has 0 radical (unpaired) electrons. The van der Waals surface area contributed by atoms with E-state index in [-0.39, 0.29) is 8.80 Å². The molecule has 1 aliphatic rings. The molecule has 3 rings (SSSR count). The lowest BCUT2D eigenvalue weighted by atomic mass is 9.94. The maximum absolute atomic E-state index is 13.2. The second kappa shape index (κ2) is 9.85. The summed E-state index contributed by atoms with van der Waals surface area (Å²) < 4.78 is 26.2. The summed E-state index contributed by atoms with van der Waals surface area (Å²) in [6.07, 6.45) is 6.73. The summed E-state index contributed by atoms with van der Waals surface area (Å²) in [6, 6.07) is 16.7. The molecule has 1 saturated heterocycles. The van der Waals surface area contributed by atoms with Crippen molar-refractivity contribution in [2.24, 2.45) is 5.92 Å². The fourth-order valence-electron chi connectivity index (χ4n) is 4.06. The lowest BCUT2D eigenvalue weighted by Crippen LogP contribution is -2.21. The molecule has 0 nitrogen and oxygen atoms in total. The predicted octanol–water partition coefficient (Wildman–Crippen LogP) is 6.34. The van der Waals surface area contributed by atoms with Gasteiger partial charge in [0.05, 0.1) is 0 Å². The van der Waals surface area contributed by atoms with E-state index in [2.05, 4.69) is 30.9 Å². The van der Waals surface area contributed by atoms with Gasteiger partial charge in [-0.2, -0.15) is 0 Å². The van der Waals surface area contributed by atoms with Crippen LogP contribution in [-0.2, 0) is 6.42 Å². The molecule has 0 N–H and O–H groups in total. The van der Waals surface area contributed by atoms with Gasteiger partial charge in [-0.1, -0.05) is 68.3 Å². The molecule has 1 aliphatic heterocycles. The summed E-state index contributed by atoms with van der Waals surface area (Å²) in [5.41, 5.74) is 2.75. The summed E-state index contributed by atoms with van der Waals surface area (Å²) in [4.78, 5) is 0. The first kappa shape index (κ1) is 19.8. The Morgan fingerprint density at radius 2 is 1.59 bits per heavy atom. The molecule has 0 aromatic heterocycles. The van der Waals surface area contributed by atoms with E-state index in [0.29, 0.717) is 5.56 Å². The Labute approximate surface area is 163 Å². The monoisotopic (exact) mass is 382 g/mol. The van der Waals surface area contributed by atoms with Crippen LogP contribution in [0.1, 0.15) is 49.3 Å². The topological polar surface area (TPSA) is 0 Å². The molecular weight excluding hydrogens is 354 g/mol. The molecule has 0 bridgehead atoms. The number of benzene rings is 2. The molecule has 0 spiro atoms. The van der Waals surface area contributed by atoms with E-state index in [1.807, 2.05) is 12.1 Å². The van der Waals surface area contributed by atoms with E-state index >= 15 is 0 Å². The van der Waals surface area contributed by atoms with E-state index in [4.69, 9.17) is 0 Å². The van der Waals surface area contributed by atoms with Gasteiger partial charge in [0.25, 0.3) is 0 Å². The van der Waals surface area contributed by atoms with Gasteiger partial charge in [-0.15, -0.1) is 0 Å². The zero-order chi connectivity index (χ0) is 19.1. The molecule has 0 atom stereocenters. The van der Waals surface area contributed by atoms with E-state index in [1.54, 1.807) is 18.1 Å². The summed E-state index contributed by atoms with van der Waals surface area (Å²) in [6.45, 7) is 2.32. The Hall–Kier alpha value is -1.92. The van der Waals surface area contributed by atoms with Crippen molar-refractivity contribution in [1.29, 1.82) is 0 Å². The summed E-state index contributed by atoms with van der Waals surface area (Å²) >= 11 is 0. The smallest absolute Gasteiger partial charge is 0.160 e. The molecule has 0 amide bonds. The minimum atomic E-state index is -0.858. The SMILES string of the molecule is CCC[Si@H]1CC[C@H](CCc2ccc(C#Cc3ccc(F)c(F)c3)cc2)CC1. The second-order valence-corrected chi connectivity index (χ2v) is 11.3. The third-order valence-electron chi connectivity index (χ3n) is 5.73. The van der Waals surface area contributed by atoms with Gasteiger partial charge < -0.3 is 0 Å². The van der Waals surface area contributed by atoms with Crippen molar-refractivity contribution in [3.8, 4) is 11.8 Å². The van der Waals surface area contributed by atoms with Crippen LogP contribution in [0.3, 0.4) is 0 Å². The van der Waals surface area contributed by atoms with E-state index in [9.17, 15) is 8.78 Å². The number of rotatable bonds is 5. The average molecular weight is 383 g/mol. The highest BCUT2D eigenvalue weighted by Gasteiger charge is 2.21. The quantitative estimate of drug-likeness (QED) is 0.418. The molecule has 142 valence electrons. The van der Waals surface area contributed by atoms with Crippen molar-refractivity contribution in [2.75, 3.05) is 0 Å². The van der Waals surface area contributed by atoms with Crippen molar-refractivity contribution in [1.82, 2.24) is 0 Å². The summed E-state index contributed by atoms with van der Waals surface area (Å²) in [7, 11) is -0.370. The van der Waals surface area contributed by atoms with Crippen molar-refractivity contribution in [2.45, 2.75) is 57.2 Å². The highest BCUT2D eigenvalue weighted by atomic mass is 28.3. The third kappa shape index (κ3) is 6.04. The first-order valence-electron chi connectivity index (χ1n) is 10.2. The van der Waals surface area contributed by atoms with Crippen LogP contribution < -0.4 is 0 Å². The Bertz CT molecular complexity index is 793. The van der Waals surface area contributed by atoms with Gasteiger partial charge in [-0.3, -0.25) is 0 Å². The van der Waals surface area contributed by atoms with Crippen LogP contribution in [0.5, 0.6) is 0 Å². The molecule has 0 unspecified atom stereocenters. The van der Waals surface area contributed by atoms with Gasteiger partial charge in [0.1, 0.15) is 0 Å².